The molecule has 1 aromatic carbocycles. The molecule has 1 aliphatic rings. The predicted molar refractivity (Wildman–Crippen MR) is 112 cm³/mol. The zero-order valence-corrected chi connectivity index (χ0v) is 17.5. The highest BCUT2D eigenvalue weighted by atomic mass is 35.5. The summed E-state index contributed by atoms with van der Waals surface area (Å²) in [5.41, 5.74) is 1.12. The van der Waals surface area contributed by atoms with E-state index in [1.807, 2.05) is 25.4 Å². The molecule has 1 fully saturated rings. The van der Waals surface area contributed by atoms with Crippen LogP contribution in [-0.4, -0.2) is 60.0 Å². The number of pyridine rings is 1. The van der Waals surface area contributed by atoms with Gasteiger partial charge in [0.2, 0.25) is 0 Å². The number of carbonyl (C=O) groups is 1. The molecular formula is C21H25Cl2N3O2. The molecule has 0 N–H and O–H groups in total. The fraction of sp³-hybridized carbons (Fsp3) is 0.429. The maximum Gasteiger partial charge on any atom is 0.260 e. The second kappa shape index (κ2) is 10.1. The van der Waals surface area contributed by atoms with Crippen LogP contribution in [0.15, 0.2) is 42.6 Å². The van der Waals surface area contributed by atoms with Crippen LogP contribution in [0.3, 0.4) is 0 Å². The van der Waals surface area contributed by atoms with Gasteiger partial charge in [-0.15, -0.1) is 0 Å². The van der Waals surface area contributed by atoms with Crippen LogP contribution >= 0.6 is 23.2 Å². The van der Waals surface area contributed by atoms with Gasteiger partial charge in [-0.05, 0) is 43.2 Å². The number of rotatable bonds is 7. The largest absolute Gasteiger partial charge is 0.482 e. The van der Waals surface area contributed by atoms with Crippen LogP contribution in [-0.2, 0) is 11.2 Å². The van der Waals surface area contributed by atoms with Gasteiger partial charge in [0.1, 0.15) is 5.75 Å². The van der Waals surface area contributed by atoms with Crippen molar-refractivity contribution in [2.24, 2.45) is 0 Å². The van der Waals surface area contributed by atoms with Crippen molar-refractivity contribution in [1.29, 1.82) is 0 Å². The minimum atomic E-state index is -0.0436. The average molecular weight is 422 g/mol. The molecule has 0 aliphatic carbocycles. The first-order valence-corrected chi connectivity index (χ1v) is 10.2. The number of likely N-dealkylation sites (tertiary alicyclic amines) is 1. The number of aromatic nitrogens is 1. The molecule has 1 saturated heterocycles. The normalized spacial score (nSPS) is 15.4. The number of halogens is 2. The van der Waals surface area contributed by atoms with Crippen LogP contribution in [0.2, 0.25) is 10.0 Å². The molecule has 0 saturated carbocycles. The number of hydrogen-bond acceptors (Lipinski definition) is 4. The van der Waals surface area contributed by atoms with Crippen molar-refractivity contribution in [3.63, 3.8) is 0 Å². The van der Waals surface area contributed by atoms with Crippen LogP contribution in [0.25, 0.3) is 0 Å². The SMILES string of the molecule is CN(C(=O)COc1ccc(Cl)cc1Cl)C1CCN(CCc2ccccn2)CC1. The van der Waals surface area contributed by atoms with E-state index in [0.717, 1.165) is 44.6 Å². The minimum Gasteiger partial charge on any atom is -0.482 e. The molecule has 0 atom stereocenters. The number of hydrogen-bond donors (Lipinski definition) is 0. The number of benzene rings is 1. The Hall–Kier alpha value is -1.82. The molecule has 3 rings (SSSR count). The molecule has 0 unspecified atom stereocenters. The molecule has 1 aromatic heterocycles. The second-order valence-electron chi connectivity index (χ2n) is 7.01. The van der Waals surface area contributed by atoms with E-state index in [4.69, 9.17) is 27.9 Å². The zero-order valence-electron chi connectivity index (χ0n) is 16.0. The van der Waals surface area contributed by atoms with E-state index in [9.17, 15) is 4.79 Å². The molecule has 0 radical (unpaired) electrons. The predicted octanol–water partition coefficient (Wildman–Crippen LogP) is 3.93. The molecule has 7 heteroatoms. The van der Waals surface area contributed by atoms with Crippen molar-refractivity contribution >= 4 is 29.1 Å². The summed E-state index contributed by atoms with van der Waals surface area (Å²) in [5, 5.41) is 0.944. The fourth-order valence-corrected chi connectivity index (χ4v) is 3.85. The van der Waals surface area contributed by atoms with Crippen molar-refractivity contribution in [3.05, 3.63) is 58.3 Å². The number of likely N-dealkylation sites (N-methyl/N-ethyl adjacent to an activating group) is 1. The summed E-state index contributed by atoms with van der Waals surface area (Å²) in [6.07, 6.45) is 4.72. The van der Waals surface area contributed by atoms with Crippen molar-refractivity contribution in [2.75, 3.05) is 33.3 Å². The topological polar surface area (TPSA) is 45.7 Å². The van der Waals surface area contributed by atoms with E-state index in [0.29, 0.717) is 15.8 Å². The Bertz CT molecular complexity index is 780. The lowest BCUT2D eigenvalue weighted by molar-refractivity contribution is -0.135. The van der Waals surface area contributed by atoms with Crippen LogP contribution in [0.5, 0.6) is 5.75 Å². The highest BCUT2D eigenvalue weighted by Gasteiger charge is 2.25. The maximum atomic E-state index is 12.5. The molecule has 0 bridgehead atoms. The average Bonchev–Trinajstić information content (AvgIpc) is 2.72. The van der Waals surface area contributed by atoms with Crippen LogP contribution in [0.1, 0.15) is 18.5 Å². The van der Waals surface area contributed by atoms with Gasteiger partial charge in [0, 0.05) is 56.1 Å². The van der Waals surface area contributed by atoms with E-state index >= 15 is 0 Å². The molecule has 28 heavy (non-hydrogen) atoms. The Balaban J connectivity index is 1.41. The number of carbonyl (C=O) groups excluding carboxylic acids is 1. The lowest BCUT2D eigenvalue weighted by Crippen LogP contribution is -2.47. The first-order chi connectivity index (χ1) is 13.5. The monoisotopic (exact) mass is 421 g/mol. The Morgan fingerprint density at radius 3 is 2.71 bits per heavy atom. The van der Waals surface area contributed by atoms with Gasteiger partial charge < -0.3 is 14.5 Å². The van der Waals surface area contributed by atoms with E-state index in [1.54, 1.807) is 23.1 Å². The quantitative estimate of drug-likeness (QED) is 0.679. The zero-order chi connectivity index (χ0) is 19.9. The third-order valence-corrected chi connectivity index (χ3v) is 5.68. The third-order valence-electron chi connectivity index (χ3n) is 5.15. The summed E-state index contributed by atoms with van der Waals surface area (Å²) >= 11 is 12.0. The Labute approximate surface area is 176 Å². The molecule has 1 amide bonds. The molecule has 150 valence electrons. The first kappa shape index (κ1) is 20.9. The smallest absolute Gasteiger partial charge is 0.260 e. The molecular weight excluding hydrogens is 397 g/mol. The fourth-order valence-electron chi connectivity index (χ4n) is 3.39. The molecule has 1 aliphatic heterocycles. The maximum absolute atomic E-state index is 12.5. The van der Waals surface area contributed by atoms with Crippen molar-refractivity contribution in [3.8, 4) is 5.75 Å². The van der Waals surface area contributed by atoms with Crippen LogP contribution in [0.4, 0.5) is 0 Å². The highest BCUT2D eigenvalue weighted by molar-refractivity contribution is 6.35. The Morgan fingerprint density at radius 2 is 2.04 bits per heavy atom. The van der Waals surface area contributed by atoms with Gasteiger partial charge in [0.15, 0.2) is 6.61 Å². The van der Waals surface area contributed by atoms with Gasteiger partial charge in [-0.2, -0.15) is 0 Å². The van der Waals surface area contributed by atoms with Crippen molar-refractivity contribution < 1.29 is 9.53 Å². The summed E-state index contributed by atoms with van der Waals surface area (Å²) in [4.78, 5) is 21.1. The van der Waals surface area contributed by atoms with Gasteiger partial charge in [0.25, 0.3) is 5.91 Å². The summed E-state index contributed by atoms with van der Waals surface area (Å²) in [7, 11) is 1.85. The van der Waals surface area contributed by atoms with Gasteiger partial charge in [-0.1, -0.05) is 29.3 Å². The molecule has 2 heterocycles. The standard InChI is InChI=1S/C21H25Cl2N3O2/c1-25(21(27)15-28-20-6-5-16(22)14-19(20)23)18-8-12-26(13-9-18)11-7-17-4-2-3-10-24-17/h2-6,10,14,18H,7-9,11-13,15H2,1H3. The summed E-state index contributed by atoms with van der Waals surface area (Å²) in [6.45, 7) is 2.94. The lowest BCUT2D eigenvalue weighted by Gasteiger charge is -2.36. The van der Waals surface area contributed by atoms with E-state index in [-0.39, 0.29) is 18.6 Å². The van der Waals surface area contributed by atoms with Gasteiger partial charge in [0.05, 0.1) is 5.02 Å². The Morgan fingerprint density at radius 1 is 1.25 bits per heavy atom. The third kappa shape index (κ3) is 5.84. The summed E-state index contributed by atoms with van der Waals surface area (Å²) in [5.74, 6) is 0.426. The van der Waals surface area contributed by atoms with Gasteiger partial charge >= 0.3 is 0 Å². The highest BCUT2D eigenvalue weighted by Crippen LogP contribution is 2.27. The lowest BCUT2D eigenvalue weighted by atomic mass is 10.0. The summed E-state index contributed by atoms with van der Waals surface area (Å²) in [6, 6.07) is 11.2. The molecule has 2 aromatic rings. The van der Waals surface area contributed by atoms with Crippen LogP contribution in [0, 0.1) is 0 Å². The summed E-state index contributed by atoms with van der Waals surface area (Å²) < 4.78 is 5.58. The van der Waals surface area contributed by atoms with E-state index in [1.165, 1.54) is 0 Å². The van der Waals surface area contributed by atoms with Crippen LogP contribution < -0.4 is 4.74 Å². The van der Waals surface area contributed by atoms with Gasteiger partial charge in [-0.25, -0.2) is 0 Å². The molecule has 0 spiro atoms. The first-order valence-electron chi connectivity index (χ1n) is 9.48. The number of amides is 1. The molecule has 5 nitrogen and oxygen atoms in total. The van der Waals surface area contributed by atoms with Gasteiger partial charge in [-0.3, -0.25) is 9.78 Å². The Kier molecular flexibility index (Phi) is 7.54. The van der Waals surface area contributed by atoms with E-state index in [2.05, 4.69) is 16.0 Å². The second-order valence-corrected chi connectivity index (χ2v) is 7.86. The van der Waals surface area contributed by atoms with E-state index < -0.39 is 0 Å². The minimum absolute atomic E-state index is 0.0300. The number of ether oxygens (including phenoxy) is 1. The number of piperidine rings is 1. The van der Waals surface area contributed by atoms with Crippen molar-refractivity contribution in [2.45, 2.75) is 25.3 Å². The van der Waals surface area contributed by atoms with Crippen molar-refractivity contribution in [1.82, 2.24) is 14.8 Å². The number of nitrogens with zero attached hydrogens (tertiary/aromatic N) is 3.